The van der Waals surface area contributed by atoms with Gasteiger partial charge < -0.3 is 0 Å². The summed E-state index contributed by atoms with van der Waals surface area (Å²) in [6.45, 7) is 2.15. The molecule has 0 spiro atoms. The quantitative estimate of drug-likeness (QED) is 0.758. The molecule has 0 bridgehead atoms. The molecule has 104 valence electrons. The summed E-state index contributed by atoms with van der Waals surface area (Å²) >= 11 is 0. The summed E-state index contributed by atoms with van der Waals surface area (Å²) in [5, 5.41) is 0. The minimum absolute atomic E-state index is 0.0829. The number of carbonyl (C=O) groups is 1. The highest BCUT2D eigenvalue weighted by molar-refractivity contribution is 5.96. The van der Waals surface area contributed by atoms with Crippen LogP contribution in [0.3, 0.4) is 0 Å². The molecule has 0 N–H and O–H groups in total. The highest BCUT2D eigenvalue weighted by Gasteiger charge is 2.31. The third-order valence-electron chi connectivity index (χ3n) is 3.73. The largest absolute Gasteiger partial charge is 0.417 e. The minimum Gasteiger partial charge on any atom is -0.292 e. The maximum atomic E-state index is 12.4. The molecule has 1 aliphatic carbocycles. The zero-order chi connectivity index (χ0) is 14.0. The van der Waals surface area contributed by atoms with Gasteiger partial charge in [-0.3, -0.25) is 9.78 Å². The number of alkyl halides is 3. The van der Waals surface area contributed by atoms with E-state index >= 15 is 0 Å². The van der Waals surface area contributed by atoms with E-state index in [1.54, 1.807) is 0 Å². The van der Waals surface area contributed by atoms with Crippen molar-refractivity contribution in [3.8, 4) is 0 Å². The fourth-order valence-electron chi connectivity index (χ4n) is 2.44. The van der Waals surface area contributed by atoms with E-state index in [2.05, 4.69) is 11.9 Å². The van der Waals surface area contributed by atoms with Gasteiger partial charge in [0.05, 0.1) is 5.56 Å². The number of halogens is 3. The molecule has 0 aromatic carbocycles. The molecule has 1 aliphatic rings. The molecular formula is C14H16F3NO. The first kappa shape index (κ1) is 14.0. The van der Waals surface area contributed by atoms with Crippen molar-refractivity contribution in [2.75, 3.05) is 0 Å². The number of carbonyl (C=O) groups excluding carboxylic acids is 1. The average Bonchev–Trinajstić information content (AvgIpc) is 2.38. The lowest BCUT2D eigenvalue weighted by Crippen LogP contribution is -2.22. The molecule has 19 heavy (non-hydrogen) atoms. The van der Waals surface area contributed by atoms with Crippen LogP contribution < -0.4 is 0 Å². The van der Waals surface area contributed by atoms with Gasteiger partial charge in [-0.05, 0) is 30.9 Å². The molecular weight excluding hydrogens is 255 g/mol. The Hall–Kier alpha value is -1.39. The lowest BCUT2D eigenvalue weighted by Gasteiger charge is -2.24. The molecule has 1 fully saturated rings. The molecule has 1 heterocycles. The number of pyridine rings is 1. The highest BCUT2D eigenvalue weighted by Crippen LogP contribution is 2.31. The highest BCUT2D eigenvalue weighted by atomic mass is 19.4. The van der Waals surface area contributed by atoms with Crippen LogP contribution >= 0.6 is 0 Å². The number of hydrogen-bond acceptors (Lipinski definition) is 2. The summed E-state index contributed by atoms with van der Waals surface area (Å²) < 4.78 is 37.2. The Kier molecular flexibility index (Phi) is 3.92. The van der Waals surface area contributed by atoms with Gasteiger partial charge in [0.2, 0.25) is 0 Å². The van der Waals surface area contributed by atoms with Crippen molar-refractivity contribution in [3.05, 3.63) is 29.6 Å². The molecule has 0 unspecified atom stereocenters. The summed E-state index contributed by atoms with van der Waals surface area (Å²) in [6, 6.07) is 2.11. The summed E-state index contributed by atoms with van der Waals surface area (Å²) in [5.41, 5.74) is -0.672. The van der Waals surface area contributed by atoms with Crippen molar-refractivity contribution in [2.24, 2.45) is 11.8 Å². The number of ketones is 1. The Balaban J connectivity index is 2.08. The summed E-state index contributed by atoms with van der Waals surface area (Å²) in [6.07, 6.45) is -0.0625. The zero-order valence-corrected chi connectivity index (χ0v) is 10.7. The van der Waals surface area contributed by atoms with Crippen molar-refractivity contribution in [3.63, 3.8) is 0 Å². The van der Waals surface area contributed by atoms with Crippen LogP contribution in [0.5, 0.6) is 0 Å². The Bertz CT molecular complexity index is 445. The van der Waals surface area contributed by atoms with Crippen LogP contribution in [0.1, 0.15) is 48.7 Å². The van der Waals surface area contributed by atoms with Crippen LogP contribution in [0.2, 0.25) is 0 Å². The first-order chi connectivity index (χ1) is 8.88. The van der Waals surface area contributed by atoms with E-state index in [1.807, 2.05) is 0 Å². The van der Waals surface area contributed by atoms with Gasteiger partial charge in [-0.2, -0.15) is 13.2 Å². The van der Waals surface area contributed by atoms with Crippen molar-refractivity contribution in [2.45, 2.75) is 38.8 Å². The Morgan fingerprint density at radius 2 is 1.84 bits per heavy atom. The first-order valence-corrected chi connectivity index (χ1v) is 6.45. The Morgan fingerprint density at radius 1 is 1.21 bits per heavy atom. The molecule has 5 heteroatoms. The summed E-state index contributed by atoms with van der Waals surface area (Å²) in [7, 11) is 0. The average molecular weight is 271 g/mol. The molecule has 0 atom stereocenters. The SMILES string of the molecule is CC1CCC(C(=O)c2ccc(C(F)(F)F)cn2)CC1. The molecule has 2 nitrogen and oxygen atoms in total. The van der Waals surface area contributed by atoms with Gasteiger partial charge in [0.1, 0.15) is 5.69 Å². The molecule has 0 amide bonds. The van der Waals surface area contributed by atoms with E-state index in [4.69, 9.17) is 0 Å². The van der Waals surface area contributed by atoms with Crippen molar-refractivity contribution >= 4 is 5.78 Å². The first-order valence-electron chi connectivity index (χ1n) is 6.45. The third kappa shape index (κ3) is 3.33. The molecule has 1 saturated carbocycles. The van der Waals surface area contributed by atoms with Crippen molar-refractivity contribution in [1.29, 1.82) is 0 Å². The summed E-state index contributed by atoms with van der Waals surface area (Å²) in [5.74, 6) is 0.422. The monoisotopic (exact) mass is 271 g/mol. The van der Waals surface area contributed by atoms with Gasteiger partial charge in [0.25, 0.3) is 0 Å². The van der Waals surface area contributed by atoms with Crippen LogP contribution in [-0.2, 0) is 6.18 Å². The Morgan fingerprint density at radius 3 is 2.32 bits per heavy atom. The number of rotatable bonds is 2. The lowest BCUT2D eigenvalue weighted by molar-refractivity contribution is -0.137. The van der Waals surface area contributed by atoms with Crippen LogP contribution in [0.25, 0.3) is 0 Å². The standard InChI is InChI=1S/C14H16F3NO/c1-9-2-4-10(5-3-9)13(19)12-7-6-11(8-18-12)14(15,16)17/h6-10H,2-5H2,1H3. The van der Waals surface area contributed by atoms with E-state index in [9.17, 15) is 18.0 Å². The molecule has 0 radical (unpaired) electrons. The van der Waals surface area contributed by atoms with Crippen LogP contribution in [0, 0.1) is 11.8 Å². The number of Topliss-reactive ketones (excluding diaryl/α,β-unsaturated/α-hetero) is 1. The lowest BCUT2D eigenvalue weighted by atomic mass is 9.80. The van der Waals surface area contributed by atoms with Gasteiger partial charge in [-0.15, -0.1) is 0 Å². The van der Waals surface area contributed by atoms with Gasteiger partial charge in [-0.1, -0.05) is 19.8 Å². The van der Waals surface area contributed by atoms with E-state index < -0.39 is 11.7 Å². The normalized spacial score (nSPS) is 24.2. The van der Waals surface area contributed by atoms with E-state index in [-0.39, 0.29) is 17.4 Å². The van der Waals surface area contributed by atoms with E-state index in [1.165, 1.54) is 6.07 Å². The van der Waals surface area contributed by atoms with Crippen LogP contribution in [0.4, 0.5) is 13.2 Å². The van der Waals surface area contributed by atoms with Crippen LogP contribution in [-0.4, -0.2) is 10.8 Å². The second-order valence-corrected chi connectivity index (χ2v) is 5.25. The fraction of sp³-hybridized carbons (Fsp3) is 0.571. The topological polar surface area (TPSA) is 30.0 Å². The van der Waals surface area contributed by atoms with Gasteiger partial charge in [-0.25, -0.2) is 0 Å². The van der Waals surface area contributed by atoms with Crippen molar-refractivity contribution in [1.82, 2.24) is 4.98 Å². The minimum atomic E-state index is -4.41. The Labute approximate surface area is 110 Å². The molecule has 0 saturated heterocycles. The second-order valence-electron chi connectivity index (χ2n) is 5.25. The number of nitrogens with zero attached hydrogens (tertiary/aromatic N) is 1. The predicted molar refractivity (Wildman–Crippen MR) is 64.7 cm³/mol. The molecule has 1 aromatic rings. The molecule has 0 aliphatic heterocycles. The van der Waals surface area contributed by atoms with Crippen molar-refractivity contribution < 1.29 is 18.0 Å². The molecule has 2 rings (SSSR count). The predicted octanol–water partition coefficient (Wildman–Crippen LogP) is 4.11. The maximum Gasteiger partial charge on any atom is 0.417 e. The number of hydrogen-bond donors (Lipinski definition) is 0. The molecule has 1 aromatic heterocycles. The van der Waals surface area contributed by atoms with E-state index in [0.29, 0.717) is 5.92 Å². The smallest absolute Gasteiger partial charge is 0.292 e. The zero-order valence-electron chi connectivity index (χ0n) is 10.7. The van der Waals surface area contributed by atoms with Gasteiger partial charge in [0.15, 0.2) is 5.78 Å². The van der Waals surface area contributed by atoms with Gasteiger partial charge >= 0.3 is 6.18 Å². The number of aromatic nitrogens is 1. The second kappa shape index (κ2) is 5.31. The third-order valence-corrected chi connectivity index (χ3v) is 3.73. The van der Waals surface area contributed by atoms with Gasteiger partial charge in [0, 0.05) is 12.1 Å². The fourth-order valence-corrected chi connectivity index (χ4v) is 2.44. The van der Waals surface area contributed by atoms with E-state index in [0.717, 1.165) is 37.9 Å². The maximum absolute atomic E-state index is 12.4. The van der Waals surface area contributed by atoms with Crippen LogP contribution in [0.15, 0.2) is 18.3 Å². The summed E-state index contributed by atoms with van der Waals surface area (Å²) in [4.78, 5) is 15.8.